The minimum atomic E-state index is 0.531. The van der Waals surface area contributed by atoms with Crippen LogP contribution in [0.3, 0.4) is 0 Å². The molecule has 1 aliphatic heterocycles. The fraction of sp³-hybridized carbons (Fsp3) is 1.00. The van der Waals surface area contributed by atoms with E-state index in [4.69, 9.17) is 0 Å². The summed E-state index contributed by atoms with van der Waals surface area (Å²) in [5.41, 5.74) is 0.531. The summed E-state index contributed by atoms with van der Waals surface area (Å²) < 4.78 is 0. The SMILES string of the molecule is CC1CNCC(C2CCC(C(C)(C)C)CC2)C1. The van der Waals surface area contributed by atoms with Gasteiger partial charge >= 0.3 is 0 Å². The van der Waals surface area contributed by atoms with Crippen LogP contribution in [0.2, 0.25) is 0 Å². The fourth-order valence-corrected chi connectivity index (χ4v) is 4.01. The second-order valence-corrected chi connectivity index (χ2v) is 7.74. The third-order valence-electron chi connectivity index (χ3n) is 5.27. The van der Waals surface area contributed by atoms with Crippen LogP contribution in [0.25, 0.3) is 0 Å². The van der Waals surface area contributed by atoms with Crippen LogP contribution in [0.4, 0.5) is 0 Å². The van der Waals surface area contributed by atoms with E-state index in [9.17, 15) is 0 Å². The van der Waals surface area contributed by atoms with Crippen LogP contribution in [0, 0.1) is 29.1 Å². The zero-order chi connectivity index (χ0) is 12.5. The second-order valence-electron chi connectivity index (χ2n) is 7.74. The molecule has 0 amide bonds. The Bertz CT molecular complexity index is 232. The second kappa shape index (κ2) is 5.30. The molecule has 1 N–H and O–H groups in total. The summed E-state index contributed by atoms with van der Waals surface area (Å²) in [6, 6.07) is 0. The molecule has 17 heavy (non-hydrogen) atoms. The van der Waals surface area contributed by atoms with E-state index in [1.54, 1.807) is 0 Å². The minimum Gasteiger partial charge on any atom is -0.316 e. The third-order valence-corrected chi connectivity index (χ3v) is 5.27. The van der Waals surface area contributed by atoms with Crippen molar-refractivity contribution >= 4 is 0 Å². The summed E-state index contributed by atoms with van der Waals surface area (Å²) in [4.78, 5) is 0. The highest BCUT2D eigenvalue weighted by molar-refractivity contribution is 4.86. The molecule has 0 aromatic heterocycles. The van der Waals surface area contributed by atoms with Crippen molar-refractivity contribution < 1.29 is 0 Å². The first-order valence-electron chi connectivity index (χ1n) is 7.67. The standard InChI is InChI=1S/C16H31N/c1-12-9-14(11-17-10-12)13-5-7-15(8-6-13)16(2,3)4/h12-15,17H,5-11H2,1-4H3. The highest BCUT2D eigenvalue weighted by atomic mass is 14.9. The molecule has 0 bridgehead atoms. The summed E-state index contributed by atoms with van der Waals surface area (Å²) in [6.07, 6.45) is 7.39. The topological polar surface area (TPSA) is 12.0 Å². The van der Waals surface area contributed by atoms with Crippen LogP contribution in [0.5, 0.6) is 0 Å². The van der Waals surface area contributed by atoms with Crippen molar-refractivity contribution in [3.05, 3.63) is 0 Å². The van der Waals surface area contributed by atoms with Gasteiger partial charge in [0.25, 0.3) is 0 Å². The van der Waals surface area contributed by atoms with E-state index in [0.717, 1.165) is 23.7 Å². The van der Waals surface area contributed by atoms with Crippen LogP contribution in [0.1, 0.15) is 59.8 Å². The molecular formula is C16H31N. The van der Waals surface area contributed by atoms with E-state index in [1.165, 1.54) is 45.2 Å². The largest absolute Gasteiger partial charge is 0.316 e. The molecular weight excluding hydrogens is 206 g/mol. The van der Waals surface area contributed by atoms with Gasteiger partial charge in [0.1, 0.15) is 0 Å². The van der Waals surface area contributed by atoms with Crippen molar-refractivity contribution in [1.82, 2.24) is 5.32 Å². The van der Waals surface area contributed by atoms with Crippen LogP contribution in [-0.2, 0) is 0 Å². The first-order chi connectivity index (χ1) is 7.97. The lowest BCUT2D eigenvalue weighted by Gasteiger charge is -2.41. The molecule has 0 aromatic carbocycles. The molecule has 100 valence electrons. The lowest BCUT2D eigenvalue weighted by molar-refractivity contribution is 0.106. The third kappa shape index (κ3) is 3.47. The molecule has 1 heteroatoms. The Labute approximate surface area is 108 Å². The van der Waals surface area contributed by atoms with E-state index in [0.29, 0.717) is 5.41 Å². The van der Waals surface area contributed by atoms with Gasteiger partial charge in [-0.1, -0.05) is 27.7 Å². The van der Waals surface area contributed by atoms with Gasteiger partial charge in [0.2, 0.25) is 0 Å². The van der Waals surface area contributed by atoms with E-state index in [2.05, 4.69) is 33.0 Å². The number of rotatable bonds is 1. The smallest absolute Gasteiger partial charge is 0.00176 e. The highest BCUT2D eigenvalue weighted by Crippen LogP contribution is 2.43. The Kier molecular flexibility index (Phi) is 4.18. The van der Waals surface area contributed by atoms with Gasteiger partial charge in [0, 0.05) is 0 Å². The first kappa shape index (κ1) is 13.4. The van der Waals surface area contributed by atoms with E-state index < -0.39 is 0 Å². The van der Waals surface area contributed by atoms with Gasteiger partial charge in [-0.15, -0.1) is 0 Å². The Morgan fingerprint density at radius 1 is 0.882 bits per heavy atom. The Balaban J connectivity index is 1.82. The Morgan fingerprint density at radius 2 is 1.53 bits per heavy atom. The minimum absolute atomic E-state index is 0.531. The van der Waals surface area contributed by atoms with Crippen molar-refractivity contribution in [3.8, 4) is 0 Å². The monoisotopic (exact) mass is 237 g/mol. The zero-order valence-corrected chi connectivity index (χ0v) is 12.3. The molecule has 1 saturated heterocycles. The summed E-state index contributed by atoms with van der Waals surface area (Å²) in [5, 5.41) is 3.62. The van der Waals surface area contributed by atoms with Gasteiger partial charge in [-0.3, -0.25) is 0 Å². The van der Waals surface area contributed by atoms with Gasteiger partial charge in [0.05, 0.1) is 0 Å². The summed E-state index contributed by atoms with van der Waals surface area (Å²) in [7, 11) is 0. The zero-order valence-electron chi connectivity index (χ0n) is 12.3. The maximum absolute atomic E-state index is 3.62. The number of piperidine rings is 1. The van der Waals surface area contributed by atoms with E-state index >= 15 is 0 Å². The molecule has 2 atom stereocenters. The molecule has 1 heterocycles. The predicted molar refractivity (Wildman–Crippen MR) is 75.0 cm³/mol. The van der Waals surface area contributed by atoms with Gasteiger partial charge in [-0.25, -0.2) is 0 Å². The molecule has 1 aliphatic carbocycles. The lowest BCUT2D eigenvalue weighted by atomic mass is 9.66. The molecule has 0 radical (unpaired) electrons. The van der Waals surface area contributed by atoms with Crippen LogP contribution in [0.15, 0.2) is 0 Å². The number of nitrogens with one attached hydrogen (secondary N) is 1. The normalized spacial score (nSPS) is 40.2. The molecule has 0 aromatic rings. The predicted octanol–water partition coefficient (Wildman–Crippen LogP) is 4.08. The van der Waals surface area contributed by atoms with E-state index in [-0.39, 0.29) is 0 Å². The van der Waals surface area contributed by atoms with Crippen LogP contribution >= 0.6 is 0 Å². The van der Waals surface area contributed by atoms with Crippen molar-refractivity contribution in [2.24, 2.45) is 29.1 Å². The molecule has 2 rings (SSSR count). The number of hydrogen-bond donors (Lipinski definition) is 1. The molecule has 1 saturated carbocycles. The highest BCUT2D eigenvalue weighted by Gasteiger charge is 2.33. The fourth-order valence-electron chi connectivity index (χ4n) is 4.01. The van der Waals surface area contributed by atoms with Crippen LogP contribution in [-0.4, -0.2) is 13.1 Å². The van der Waals surface area contributed by atoms with Gasteiger partial charge in [0.15, 0.2) is 0 Å². The summed E-state index contributed by atoms with van der Waals surface area (Å²) in [6.45, 7) is 12.2. The molecule has 2 aliphatic rings. The van der Waals surface area contributed by atoms with Crippen LogP contribution < -0.4 is 5.32 Å². The molecule has 1 nitrogen and oxygen atoms in total. The van der Waals surface area contributed by atoms with Gasteiger partial charge in [-0.2, -0.15) is 0 Å². The van der Waals surface area contributed by atoms with Crippen molar-refractivity contribution in [2.75, 3.05) is 13.1 Å². The average Bonchev–Trinajstić information content (AvgIpc) is 2.28. The quantitative estimate of drug-likeness (QED) is 0.724. The van der Waals surface area contributed by atoms with Gasteiger partial charge in [-0.05, 0) is 74.3 Å². The molecule has 0 spiro atoms. The van der Waals surface area contributed by atoms with Crippen molar-refractivity contribution in [3.63, 3.8) is 0 Å². The Hall–Kier alpha value is -0.0400. The molecule has 2 unspecified atom stereocenters. The lowest BCUT2D eigenvalue weighted by Crippen LogP contribution is -2.40. The van der Waals surface area contributed by atoms with Gasteiger partial charge < -0.3 is 5.32 Å². The maximum atomic E-state index is 3.62. The first-order valence-corrected chi connectivity index (χ1v) is 7.67. The summed E-state index contributed by atoms with van der Waals surface area (Å²) in [5.74, 6) is 3.85. The van der Waals surface area contributed by atoms with E-state index in [1.807, 2.05) is 0 Å². The summed E-state index contributed by atoms with van der Waals surface area (Å²) >= 11 is 0. The number of hydrogen-bond acceptors (Lipinski definition) is 1. The maximum Gasteiger partial charge on any atom is -0.00176 e. The Morgan fingerprint density at radius 3 is 2.06 bits per heavy atom. The van der Waals surface area contributed by atoms with Crippen molar-refractivity contribution in [1.29, 1.82) is 0 Å². The average molecular weight is 237 g/mol. The van der Waals surface area contributed by atoms with Crippen molar-refractivity contribution in [2.45, 2.75) is 59.8 Å². The molecule has 2 fully saturated rings.